The Bertz CT molecular complexity index is 1630. The molecule has 0 unspecified atom stereocenters. The van der Waals surface area contributed by atoms with Crippen LogP contribution in [0.1, 0.15) is 35.0 Å². The number of nitrogens with one attached hydrogen (secondary N) is 2. The number of hydrogen-bond acceptors (Lipinski definition) is 6. The normalized spacial score (nSPS) is 10.9. The van der Waals surface area contributed by atoms with E-state index in [1.807, 2.05) is 42.6 Å². The molecule has 0 saturated heterocycles. The minimum absolute atomic E-state index is 0.0677. The molecular formula is C30H28N6O. The summed E-state index contributed by atoms with van der Waals surface area (Å²) >= 11 is 0. The number of fused-ring (bicyclic) bond motifs is 2. The standard InChI is InChI=1S/C30H28N6O/c1-19(34-17-22-3-7-28-24(14-22)10-12-33-30(28)31)23-9-11-32-27(16-23)15-21-4-8-29-25(13-21)5-6-26(36-29)18-35-20(2)37/h3-14,16,34H,1,15,17-18H2,2H3,(H2,31,33)(H,35,37). The molecule has 3 aromatic heterocycles. The van der Waals surface area contributed by atoms with Crippen LogP contribution in [-0.2, 0) is 24.3 Å². The first kappa shape index (κ1) is 23.9. The molecule has 184 valence electrons. The van der Waals surface area contributed by atoms with E-state index in [9.17, 15) is 4.79 Å². The fraction of sp³-hybridized carbons (Fsp3) is 0.133. The van der Waals surface area contributed by atoms with Gasteiger partial charge in [-0.15, -0.1) is 0 Å². The van der Waals surface area contributed by atoms with E-state index in [2.05, 4.69) is 62.5 Å². The van der Waals surface area contributed by atoms with Gasteiger partial charge in [0.25, 0.3) is 0 Å². The van der Waals surface area contributed by atoms with Crippen molar-refractivity contribution in [3.05, 3.63) is 114 Å². The van der Waals surface area contributed by atoms with Crippen molar-refractivity contribution in [1.82, 2.24) is 25.6 Å². The highest BCUT2D eigenvalue weighted by molar-refractivity contribution is 5.91. The number of carbonyl (C=O) groups excluding carboxylic acids is 1. The fourth-order valence-electron chi connectivity index (χ4n) is 4.28. The van der Waals surface area contributed by atoms with Gasteiger partial charge in [-0.2, -0.15) is 0 Å². The van der Waals surface area contributed by atoms with Gasteiger partial charge in [0.2, 0.25) is 5.91 Å². The lowest BCUT2D eigenvalue weighted by Crippen LogP contribution is -2.19. The van der Waals surface area contributed by atoms with E-state index in [4.69, 9.17) is 5.73 Å². The molecule has 0 bridgehead atoms. The highest BCUT2D eigenvalue weighted by Crippen LogP contribution is 2.21. The highest BCUT2D eigenvalue weighted by Gasteiger charge is 2.07. The van der Waals surface area contributed by atoms with Crippen LogP contribution in [0.15, 0.2) is 85.7 Å². The molecule has 0 radical (unpaired) electrons. The first-order valence-electron chi connectivity index (χ1n) is 12.1. The number of benzene rings is 2. The number of anilines is 1. The minimum Gasteiger partial charge on any atom is -0.383 e. The molecule has 37 heavy (non-hydrogen) atoms. The van der Waals surface area contributed by atoms with E-state index < -0.39 is 0 Å². The molecule has 0 atom stereocenters. The van der Waals surface area contributed by atoms with Crippen molar-refractivity contribution >= 4 is 39.1 Å². The molecule has 0 aliphatic heterocycles. The summed E-state index contributed by atoms with van der Waals surface area (Å²) in [5.74, 6) is 0.474. The molecule has 4 N–H and O–H groups in total. The molecule has 0 fully saturated rings. The number of carbonyl (C=O) groups is 1. The number of amides is 1. The first-order valence-corrected chi connectivity index (χ1v) is 12.1. The zero-order chi connectivity index (χ0) is 25.8. The van der Waals surface area contributed by atoms with Crippen molar-refractivity contribution in [2.24, 2.45) is 0 Å². The maximum atomic E-state index is 11.2. The summed E-state index contributed by atoms with van der Waals surface area (Å²) in [6.07, 6.45) is 4.24. The molecule has 7 heteroatoms. The van der Waals surface area contributed by atoms with Crippen LogP contribution in [0.4, 0.5) is 5.82 Å². The van der Waals surface area contributed by atoms with Gasteiger partial charge in [-0.25, -0.2) is 4.98 Å². The van der Waals surface area contributed by atoms with Gasteiger partial charge >= 0.3 is 0 Å². The Balaban J connectivity index is 1.25. The van der Waals surface area contributed by atoms with Gasteiger partial charge in [0.05, 0.1) is 17.8 Å². The van der Waals surface area contributed by atoms with Crippen LogP contribution in [0.5, 0.6) is 0 Å². The van der Waals surface area contributed by atoms with Gasteiger partial charge in [-0.1, -0.05) is 30.8 Å². The molecule has 5 aromatic rings. The van der Waals surface area contributed by atoms with Crippen LogP contribution in [-0.4, -0.2) is 20.9 Å². The predicted octanol–water partition coefficient (Wildman–Crippen LogP) is 4.75. The van der Waals surface area contributed by atoms with E-state index in [0.29, 0.717) is 25.3 Å². The molecule has 0 saturated carbocycles. The molecule has 0 aliphatic carbocycles. The average Bonchev–Trinajstić information content (AvgIpc) is 2.90. The lowest BCUT2D eigenvalue weighted by molar-refractivity contribution is -0.119. The SMILES string of the molecule is C=C(NCc1ccc2c(N)nccc2c1)c1ccnc(Cc2ccc3nc(CNC(C)=O)ccc3c2)c1. The van der Waals surface area contributed by atoms with Crippen LogP contribution >= 0.6 is 0 Å². The van der Waals surface area contributed by atoms with E-state index in [-0.39, 0.29) is 5.91 Å². The van der Waals surface area contributed by atoms with Crippen LogP contribution in [0.2, 0.25) is 0 Å². The molecule has 0 aliphatic rings. The van der Waals surface area contributed by atoms with Gasteiger partial charge < -0.3 is 16.4 Å². The molecule has 5 rings (SSSR count). The minimum atomic E-state index is -0.0677. The molecule has 1 amide bonds. The van der Waals surface area contributed by atoms with E-state index in [1.54, 1.807) is 6.20 Å². The van der Waals surface area contributed by atoms with Crippen molar-refractivity contribution in [2.75, 3.05) is 5.73 Å². The number of nitrogens with zero attached hydrogens (tertiary/aromatic N) is 3. The van der Waals surface area contributed by atoms with Crippen LogP contribution < -0.4 is 16.4 Å². The topological polar surface area (TPSA) is 106 Å². The van der Waals surface area contributed by atoms with Gasteiger partial charge in [0, 0.05) is 60.0 Å². The summed E-state index contributed by atoms with van der Waals surface area (Å²) in [5.41, 5.74) is 12.8. The maximum Gasteiger partial charge on any atom is 0.217 e. The Kier molecular flexibility index (Phi) is 6.76. The van der Waals surface area contributed by atoms with Crippen molar-refractivity contribution < 1.29 is 4.79 Å². The summed E-state index contributed by atoms with van der Waals surface area (Å²) in [4.78, 5) is 24.5. The Morgan fingerprint density at radius 3 is 2.51 bits per heavy atom. The van der Waals surface area contributed by atoms with Gasteiger partial charge in [0.15, 0.2) is 0 Å². The Morgan fingerprint density at radius 1 is 0.838 bits per heavy atom. The second-order valence-corrected chi connectivity index (χ2v) is 9.04. The van der Waals surface area contributed by atoms with Crippen molar-refractivity contribution in [1.29, 1.82) is 0 Å². The summed E-state index contributed by atoms with van der Waals surface area (Å²) in [6.45, 7) is 6.81. The maximum absolute atomic E-state index is 11.2. The number of rotatable bonds is 8. The molecule has 0 spiro atoms. The number of nitrogens with two attached hydrogens (primary N) is 1. The van der Waals surface area contributed by atoms with Crippen LogP contribution in [0, 0.1) is 0 Å². The van der Waals surface area contributed by atoms with Crippen molar-refractivity contribution in [3.63, 3.8) is 0 Å². The largest absolute Gasteiger partial charge is 0.383 e. The Morgan fingerprint density at radius 2 is 1.65 bits per heavy atom. The van der Waals surface area contributed by atoms with Crippen molar-refractivity contribution in [3.8, 4) is 0 Å². The predicted molar refractivity (Wildman–Crippen MR) is 148 cm³/mol. The number of aromatic nitrogens is 3. The smallest absolute Gasteiger partial charge is 0.217 e. The molecule has 2 aromatic carbocycles. The van der Waals surface area contributed by atoms with E-state index >= 15 is 0 Å². The zero-order valence-corrected chi connectivity index (χ0v) is 20.7. The lowest BCUT2D eigenvalue weighted by Gasteiger charge is -2.12. The van der Waals surface area contributed by atoms with Crippen molar-refractivity contribution in [2.45, 2.75) is 26.4 Å². The number of nitrogen functional groups attached to an aromatic ring is 1. The van der Waals surface area contributed by atoms with Crippen LogP contribution in [0.3, 0.4) is 0 Å². The van der Waals surface area contributed by atoms with E-state index in [1.165, 1.54) is 6.92 Å². The second kappa shape index (κ2) is 10.5. The Hall–Kier alpha value is -4.78. The first-order chi connectivity index (χ1) is 17.9. The zero-order valence-electron chi connectivity index (χ0n) is 20.7. The molecular weight excluding hydrogens is 460 g/mol. The fourth-order valence-corrected chi connectivity index (χ4v) is 4.28. The Labute approximate surface area is 215 Å². The lowest BCUT2D eigenvalue weighted by atomic mass is 10.0. The number of hydrogen-bond donors (Lipinski definition) is 3. The van der Waals surface area contributed by atoms with Crippen LogP contribution in [0.25, 0.3) is 27.4 Å². The molecule has 3 heterocycles. The summed E-state index contributed by atoms with van der Waals surface area (Å²) in [7, 11) is 0. The average molecular weight is 489 g/mol. The highest BCUT2D eigenvalue weighted by atomic mass is 16.1. The molecule has 7 nitrogen and oxygen atoms in total. The van der Waals surface area contributed by atoms with Gasteiger partial charge in [0.1, 0.15) is 5.82 Å². The van der Waals surface area contributed by atoms with E-state index in [0.717, 1.165) is 55.5 Å². The third kappa shape index (κ3) is 5.73. The monoisotopic (exact) mass is 488 g/mol. The summed E-state index contributed by atoms with van der Waals surface area (Å²) in [6, 6.07) is 22.4. The summed E-state index contributed by atoms with van der Waals surface area (Å²) < 4.78 is 0. The summed E-state index contributed by atoms with van der Waals surface area (Å²) in [5, 5.41) is 9.29. The van der Waals surface area contributed by atoms with Gasteiger partial charge in [-0.05, 0) is 59.0 Å². The number of pyridine rings is 3. The third-order valence-corrected chi connectivity index (χ3v) is 6.25. The quantitative estimate of drug-likeness (QED) is 0.291. The van der Waals surface area contributed by atoms with Gasteiger partial charge in [-0.3, -0.25) is 14.8 Å². The third-order valence-electron chi connectivity index (χ3n) is 6.25. The second-order valence-electron chi connectivity index (χ2n) is 9.04.